The van der Waals surface area contributed by atoms with Crippen LogP contribution in [-0.2, 0) is 11.2 Å². The van der Waals surface area contributed by atoms with E-state index in [9.17, 15) is 0 Å². The second-order valence-corrected chi connectivity index (χ2v) is 5.62. The number of hydrogen-bond donors (Lipinski definition) is 1. The van der Waals surface area contributed by atoms with Crippen molar-refractivity contribution in [1.29, 1.82) is 0 Å². The third kappa shape index (κ3) is 4.98. The van der Waals surface area contributed by atoms with E-state index in [4.69, 9.17) is 4.74 Å². The standard InChI is InChI=1S/C13H22N2OS/c1-5-13(3,10-14-6-7-16-4)8-12-9-17-11(2)15-12/h5,9,14H,1,6-8,10H2,2-4H3. The molecule has 0 fully saturated rings. The second kappa shape index (κ2) is 6.89. The highest BCUT2D eigenvalue weighted by atomic mass is 32.1. The van der Waals surface area contributed by atoms with E-state index in [0.717, 1.165) is 36.8 Å². The molecule has 3 nitrogen and oxygen atoms in total. The minimum Gasteiger partial charge on any atom is -0.383 e. The van der Waals surface area contributed by atoms with E-state index in [-0.39, 0.29) is 5.41 Å². The van der Waals surface area contributed by atoms with Gasteiger partial charge in [0.2, 0.25) is 0 Å². The first-order valence-electron chi connectivity index (χ1n) is 5.84. The summed E-state index contributed by atoms with van der Waals surface area (Å²) in [5, 5.41) is 6.64. The smallest absolute Gasteiger partial charge is 0.0897 e. The van der Waals surface area contributed by atoms with Crippen LogP contribution < -0.4 is 5.32 Å². The van der Waals surface area contributed by atoms with Gasteiger partial charge in [-0.3, -0.25) is 0 Å². The van der Waals surface area contributed by atoms with Crippen molar-refractivity contribution < 1.29 is 4.74 Å². The molecule has 1 rings (SSSR count). The third-order valence-corrected chi connectivity index (χ3v) is 3.58. The fourth-order valence-electron chi connectivity index (χ4n) is 1.66. The SMILES string of the molecule is C=CC(C)(CNCCOC)Cc1csc(C)n1. The average molecular weight is 254 g/mol. The lowest BCUT2D eigenvalue weighted by Crippen LogP contribution is -2.33. The molecule has 17 heavy (non-hydrogen) atoms. The van der Waals surface area contributed by atoms with Gasteiger partial charge in [0.05, 0.1) is 17.3 Å². The lowest BCUT2D eigenvalue weighted by molar-refractivity contribution is 0.195. The first-order valence-corrected chi connectivity index (χ1v) is 6.72. The molecule has 1 aromatic heterocycles. The van der Waals surface area contributed by atoms with E-state index < -0.39 is 0 Å². The van der Waals surface area contributed by atoms with Crippen molar-refractivity contribution in [2.45, 2.75) is 20.3 Å². The number of aryl methyl sites for hydroxylation is 1. The first kappa shape index (κ1) is 14.4. The Hall–Kier alpha value is -0.710. The maximum atomic E-state index is 5.01. The summed E-state index contributed by atoms with van der Waals surface area (Å²) in [6.45, 7) is 10.7. The van der Waals surface area contributed by atoms with Crippen molar-refractivity contribution >= 4 is 11.3 Å². The molecule has 0 radical (unpaired) electrons. The number of thiazole rings is 1. The zero-order valence-electron chi connectivity index (χ0n) is 11.0. The van der Waals surface area contributed by atoms with Gasteiger partial charge in [-0.2, -0.15) is 0 Å². The van der Waals surface area contributed by atoms with Gasteiger partial charge in [0.15, 0.2) is 0 Å². The molecule has 0 aromatic carbocycles. The molecule has 0 amide bonds. The predicted octanol–water partition coefficient (Wildman–Crippen LogP) is 2.42. The van der Waals surface area contributed by atoms with Gasteiger partial charge >= 0.3 is 0 Å². The zero-order chi connectivity index (χ0) is 12.7. The van der Waals surface area contributed by atoms with Crippen molar-refractivity contribution in [2.24, 2.45) is 5.41 Å². The maximum Gasteiger partial charge on any atom is 0.0897 e. The summed E-state index contributed by atoms with van der Waals surface area (Å²) in [6, 6.07) is 0. The fourth-order valence-corrected chi connectivity index (χ4v) is 2.27. The molecule has 1 heterocycles. The molecule has 1 aromatic rings. The second-order valence-electron chi connectivity index (χ2n) is 4.56. The quantitative estimate of drug-likeness (QED) is 0.571. The van der Waals surface area contributed by atoms with Gasteiger partial charge < -0.3 is 10.1 Å². The summed E-state index contributed by atoms with van der Waals surface area (Å²) in [6.07, 6.45) is 2.95. The van der Waals surface area contributed by atoms with E-state index in [1.165, 1.54) is 0 Å². The van der Waals surface area contributed by atoms with Crippen LogP contribution in [0.5, 0.6) is 0 Å². The van der Waals surface area contributed by atoms with E-state index in [0.29, 0.717) is 0 Å². The Labute approximate surface area is 108 Å². The number of ether oxygens (including phenoxy) is 1. The number of nitrogens with zero attached hydrogens (tertiary/aromatic N) is 1. The Kier molecular flexibility index (Phi) is 5.82. The van der Waals surface area contributed by atoms with Gasteiger partial charge in [-0.25, -0.2) is 4.98 Å². The predicted molar refractivity (Wildman–Crippen MR) is 73.6 cm³/mol. The Bertz CT molecular complexity index is 351. The molecule has 0 saturated carbocycles. The molecule has 1 unspecified atom stereocenters. The molecule has 96 valence electrons. The highest BCUT2D eigenvalue weighted by Crippen LogP contribution is 2.23. The minimum atomic E-state index is 0.0499. The molecule has 0 spiro atoms. The number of aromatic nitrogens is 1. The molecule has 0 aliphatic heterocycles. The van der Waals surface area contributed by atoms with Crippen LogP contribution in [0.2, 0.25) is 0 Å². The van der Waals surface area contributed by atoms with E-state index in [1.54, 1.807) is 18.4 Å². The molecule has 1 N–H and O–H groups in total. The topological polar surface area (TPSA) is 34.1 Å². The van der Waals surface area contributed by atoms with Crippen molar-refractivity contribution in [3.05, 3.63) is 28.7 Å². The van der Waals surface area contributed by atoms with Crippen LogP contribution in [0.1, 0.15) is 17.6 Å². The lowest BCUT2D eigenvalue weighted by atomic mass is 9.85. The first-order chi connectivity index (χ1) is 8.09. The van der Waals surface area contributed by atoms with Gasteiger partial charge in [0, 0.05) is 37.4 Å². The van der Waals surface area contributed by atoms with E-state index in [1.807, 2.05) is 13.0 Å². The Morgan fingerprint density at radius 3 is 2.94 bits per heavy atom. The van der Waals surface area contributed by atoms with Crippen molar-refractivity contribution in [2.75, 3.05) is 26.8 Å². The Morgan fingerprint density at radius 2 is 2.41 bits per heavy atom. The summed E-state index contributed by atoms with van der Waals surface area (Å²) >= 11 is 1.70. The van der Waals surface area contributed by atoms with Crippen LogP contribution in [0.15, 0.2) is 18.0 Å². The lowest BCUT2D eigenvalue weighted by Gasteiger charge is -2.25. The Balaban J connectivity index is 2.47. The number of hydrogen-bond acceptors (Lipinski definition) is 4. The van der Waals surface area contributed by atoms with E-state index >= 15 is 0 Å². The van der Waals surface area contributed by atoms with Gasteiger partial charge in [-0.15, -0.1) is 17.9 Å². The molecule has 0 aliphatic carbocycles. The molecule has 1 atom stereocenters. The monoisotopic (exact) mass is 254 g/mol. The normalized spacial score (nSPS) is 14.5. The number of rotatable bonds is 8. The summed E-state index contributed by atoms with van der Waals surface area (Å²) in [7, 11) is 1.71. The summed E-state index contributed by atoms with van der Waals surface area (Å²) in [5.41, 5.74) is 1.21. The molecular weight excluding hydrogens is 232 g/mol. The van der Waals surface area contributed by atoms with Crippen molar-refractivity contribution in [1.82, 2.24) is 10.3 Å². The van der Waals surface area contributed by atoms with Gasteiger partial charge in [0.1, 0.15) is 0 Å². The highest BCUT2D eigenvalue weighted by Gasteiger charge is 2.21. The fraction of sp³-hybridized carbons (Fsp3) is 0.615. The summed E-state index contributed by atoms with van der Waals surface area (Å²) < 4.78 is 5.01. The van der Waals surface area contributed by atoms with Crippen LogP contribution in [0.3, 0.4) is 0 Å². The number of methoxy groups -OCH3 is 1. The maximum absolute atomic E-state index is 5.01. The van der Waals surface area contributed by atoms with Crippen LogP contribution in [0.25, 0.3) is 0 Å². The molecular formula is C13H22N2OS. The molecule has 0 saturated heterocycles. The van der Waals surface area contributed by atoms with E-state index in [2.05, 4.69) is 29.2 Å². The zero-order valence-corrected chi connectivity index (χ0v) is 11.8. The highest BCUT2D eigenvalue weighted by molar-refractivity contribution is 7.09. The largest absolute Gasteiger partial charge is 0.383 e. The van der Waals surface area contributed by atoms with Crippen molar-refractivity contribution in [3.63, 3.8) is 0 Å². The van der Waals surface area contributed by atoms with Crippen LogP contribution in [-0.4, -0.2) is 31.8 Å². The van der Waals surface area contributed by atoms with Crippen LogP contribution >= 0.6 is 11.3 Å². The van der Waals surface area contributed by atoms with Crippen LogP contribution in [0.4, 0.5) is 0 Å². The van der Waals surface area contributed by atoms with Gasteiger partial charge in [-0.1, -0.05) is 13.0 Å². The minimum absolute atomic E-state index is 0.0499. The summed E-state index contributed by atoms with van der Waals surface area (Å²) in [5.74, 6) is 0. The molecule has 0 bridgehead atoms. The van der Waals surface area contributed by atoms with Crippen molar-refractivity contribution in [3.8, 4) is 0 Å². The molecule has 4 heteroatoms. The molecule has 0 aliphatic rings. The average Bonchev–Trinajstić information content (AvgIpc) is 2.70. The third-order valence-electron chi connectivity index (χ3n) is 2.76. The van der Waals surface area contributed by atoms with Gasteiger partial charge in [0.25, 0.3) is 0 Å². The summed E-state index contributed by atoms with van der Waals surface area (Å²) in [4.78, 5) is 4.51. The number of nitrogens with one attached hydrogen (secondary N) is 1. The van der Waals surface area contributed by atoms with Crippen LogP contribution in [0, 0.1) is 12.3 Å². The Morgan fingerprint density at radius 1 is 1.65 bits per heavy atom. The van der Waals surface area contributed by atoms with Gasteiger partial charge in [-0.05, 0) is 6.92 Å².